The van der Waals surface area contributed by atoms with Crippen LogP contribution in [-0.4, -0.2) is 60.3 Å². The van der Waals surface area contributed by atoms with Crippen molar-refractivity contribution < 1.29 is 15.1 Å². The smallest absolute Gasteiger partial charge is 0.129 e. The van der Waals surface area contributed by atoms with E-state index in [1.807, 2.05) is 20.3 Å². The van der Waals surface area contributed by atoms with Gasteiger partial charge in [0.25, 0.3) is 0 Å². The summed E-state index contributed by atoms with van der Waals surface area (Å²) < 4.78 is 0. The highest BCUT2D eigenvalue weighted by Gasteiger charge is 2.66. The second-order valence-corrected chi connectivity index (χ2v) is 11.3. The van der Waals surface area contributed by atoms with Crippen molar-refractivity contribution in [3.05, 3.63) is 0 Å². The van der Waals surface area contributed by atoms with Crippen molar-refractivity contribution in [3.63, 3.8) is 0 Å². The molecule has 0 aliphatic heterocycles. The summed E-state index contributed by atoms with van der Waals surface area (Å²) in [5.74, 6) is 1.92. The molecule has 29 heavy (non-hydrogen) atoms. The van der Waals surface area contributed by atoms with E-state index in [1.54, 1.807) is 0 Å². The van der Waals surface area contributed by atoms with Crippen LogP contribution in [0.1, 0.15) is 71.6 Å². The fourth-order valence-electron chi connectivity index (χ4n) is 7.88. The number of fused-ring (bicyclic) bond motifs is 5. The fraction of sp³-hybridized carbons (Fsp3) is 0.958. The lowest BCUT2D eigenvalue weighted by Crippen LogP contribution is -2.62. The average molecular weight is 407 g/mol. The predicted octanol–water partition coefficient (Wildman–Crippen LogP) is 3.69. The first-order chi connectivity index (χ1) is 13.7. The first-order valence-electron chi connectivity index (χ1n) is 11.9. The monoisotopic (exact) mass is 406 g/mol. The summed E-state index contributed by atoms with van der Waals surface area (Å²) in [6.45, 7) is 6.25. The molecule has 5 nitrogen and oxygen atoms in total. The first-order valence-corrected chi connectivity index (χ1v) is 11.9. The van der Waals surface area contributed by atoms with E-state index in [4.69, 9.17) is 4.84 Å². The third kappa shape index (κ3) is 3.45. The Balaban J connectivity index is 1.49. The van der Waals surface area contributed by atoms with Crippen LogP contribution >= 0.6 is 0 Å². The van der Waals surface area contributed by atoms with Crippen LogP contribution in [0.25, 0.3) is 0 Å². The molecule has 0 radical (unpaired) electrons. The van der Waals surface area contributed by atoms with Crippen LogP contribution in [0, 0.1) is 34.5 Å². The molecule has 4 aliphatic carbocycles. The van der Waals surface area contributed by atoms with Crippen molar-refractivity contribution >= 4 is 6.21 Å². The number of likely N-dealkylation sites (N-methyl/N-ethyl adjacent to an activating group) is 1. The molecule has 166 valence electrons. The van der Waals surface area contributed by atoms with E-state index in [0.29, 0.717) is 35.7 Å². The maximum Gasteiger partial charge on any atom is 0.129 e. The summed E-state index contributed by atoms with van der Waals surface area (Å²) in [4.78, 5) is 7.58. The molecular weight excluding hydrogens is 364 g/mol. The third-order valence-electron chi connectivity index (χ3n) is 9.84. The van der Waals surface area contributed by atoms with Crippen molar-refractivity contribution in [3.8, 4) is 0 Å². The quantitative estimate of drug-likeness (QED) is 0.415. The molecule has 0 heterocycles. The standard InChI is InChI=1S/C24H42N2O3/c1-22-10-8-19(27)15-17(22)5-6-21-20(22)9-11-23(2)18(7-12-24(21,23)28)16-25-29-14-13-26(3)4/h16-21,27-28H,5-15H2,1-4H3/b25-16-/t17?,18?,19?,20-,21-,22+,23-,24-/m1/s1. The number of hydrogen-bond acceptors (Lipinski definition) is 5. The topological polar surface area (TPSA) is 65.3 Å². The minimum Gasteiger partial charge on any atom is -0.395 e. The normalized spacial score (nSPS) is 49.7. The van der Waals surface area contributed by atoms with Gasteiger partial charge in [-0.05, 0) is 95.1 Å². The Hall–Kier alpha value is -0.650. The van der Waals surface area contributed by atoms with Gasteiger partial charge in [0.15, 0.2) is 0 Å². The van der Waals surface area contributed by atoms with Crippen LogP contribution in [0.3, 0.4) is 0 Å². The molecule has 0 saturated heterocycles. The molecule has 4 rings (SSSR count). The number of aliphatic hydroxyl groups is 2. The van der Waals surface area contributed by atoms with E-state index in [1.165, 1.54) is 12.8 Å². The highest BCUT2D eigenvalue weighted by molar-refractivity contribution is 5.63. The maximum atomic E-state index is 12.1. The van der Waals surface area contributed by atoms with Crippen molar-refractivity contribution in [2.45, 2.75) is 83.3 Å². The highest BCUT2D eigenvalue weighted by Crippen LogP contribution is 2.68. The van der Waals surface area contributed by atoms with Crippen LogP contribution in [0.5, 0.6) is 0 Å². The zero-order valence-corrected chi connectivity index (χ0v) is 18.9. The Bertz CT molecular complexity index is 625. The average Bonchev–Trinajstić information content (AvgIpc) is 2.93. The summed E-state index contributed by atoms with van der Waals surface area (Å²) >= 11 is 0. The van der Waals surface area contributed by atoms with Crippen molar-refractivity contribution in [1.29, 1.82) is 0 Å². The Kier molecular flexibility index (Phi) is 5.80. The molecule has 0 amide bonds. The zero-order valence-electron chi connectivity index (χ0n) is 18.9. The molecule has 0 bridgehead atoms. The molecule has 3 unspecified atom stereocenters. The molecule has 0 aromatic carbocycles. The Morgan fingerprint density at radius 3 is 2.59 bits per heavy atom. The van der Waals surface area contributed by atoms with Gasteiger partial charge >= 0.3 is 0 Å². The van der Waals surface area contributed by atoms with Gasteiger partial charge in [-0.25, -0.2) is 0 Å². The second-order valence-electron chi connectivity index (χ2n) is 11.3. The molecule has 4 fully saturated rings. The minimum absolute atomic E-state index is 0.0973. The van der Waals surface area contributed by atoms with E-state index >= 15 is 0 Å². The summed E-state index contributed by atoms with van der Waals surface area (Å²) in [6.07, 6.45) is 11.4. The van der Waals surface area contributed by atoms with Crippen LogP contribution in [0.15, 0.2) is 5.16 Å². The molecule has 8 atom stereocenters. The number of hydrogen-bond donors (Lipinski definition) is 2. The third-order valence-corrected chi connectivity index (χ3v) is 9.84. The van der Waals surface area contributed by atoms with Gasteiger partial charge in [-0.3, -0.25) is 0 Å². The van der Waals surface area contributed by atoms with E-state index in [0.717, 1.165) is 51.5 Å². The largest absolute Gasteiger partial charge is 0.395 e. The van der Waals surface area contributed by atoms with Gasteiger partial charge in [0.05, 0.1) is 11.7 Å². The zero-order chi connectivity index (χ0) is 20.9. The highest BCUT2D eigenvalue weighted by atomic mass is 16.6. The number of rotatable bonds is 5. The van der Waals surface area contributed by atoms with Gasteiger partial charge in [0, 0.05) is 24.1 Å². The molecule has 5 heteroatoms. The van der Waals surface area contributed by atoms with Gasteiger partial charge in [-0.2, -0.15) is 0 Å². The summed E-state index contributed by atoms with van der Waals surface area (Å²) in [7, 11) is 4.07. The Morgan fingerprint density at radius 2 is 1.83 bits per heavy atom. The predicted molar refractivity (Wildman–Crippen MR) is 116 cm³/mol. The number of oxime groups is 1. The lowest BCUT2D eigenvalue weighted by molar-refractivity contribution is -0.206. The first kappa shape index (κ1) is 21.6. The molecule has 0 spiro atoms. The summed E-state index contributed by atoms with van der Waals surface area (Å²) in [5, 5.41) is 26.6. The Morgan fingerprint density at radius 1 is 1.03 bits per heavy atom. The van der Waals surface area contributed by atoms with E-state index in [2.05, 4.69) is 23.9 Å². The molecule has 4 saturated carbocycles. The van der Waals surface area contributed by atoms with Crippen molar-refractivity contribution in [2.75, 3.05) is 27.2 Å². The van der Waals surface area contributed by atoms with E-state index in [9.17, 15) is 10.2 Å². The van der Waals surface area contributed by atoms with E-state index in [-0.39, 0.29) is 11.5 Å². The lowest BCUT2D eigenvalue weighted by atomic mass is 9.43. The van der Waals surface area contributed by atoms with Gasteiger partial charge in [-0.15, -0.1) is 0 Å². The van der Waals surface area contributed by atoms with Crippen LogP contribution in [0.2, 0.25) is 0 Å². The molecule has 4 aliphatic rings. The van der Waals surface area contributed by atoms with E-state index < -0.39 is 5.60 Å². The fourth-order valence-corrected chi connectivity index (χ4v) is 7.88. The van der Waals surface area contributed by atoms with Gasteiger partial charge < -0.3 is 20.0 Å². The SMILES string of the molecule is CN(C)CCO/N=C\C1CC[C@@]2(O)[C@@H]3CCC4CC(O)CC[C@]4(C)[C@@H]3CC[C@]12C. The number of aliphatic hydroxyl groups excluding tert-OH is 1. The van der Waals surface area contributed by atoms with Crippen LogP contribution < -0.4 is 0 Å². The van der Waals surface area contributed by atoms with Gasteiger partial charge in [0.1, 0.15) is 6.61 Å². The minimum atomic E-state index is -0.583. The molecule has 0 aromatic heterocycles. The summed E-state index contributed by atoms with van der Waals surface area (Å²) in [5.41, 5.74) is -0.388. The molecule has 2 N–H and O–H groups in total. The van der Waals surface area contributed by atoms with Crippen LogP contribution in [-0.2, 0) is 4.84 Å². The Labute approximate surface area is 176 Å². The van der Waals surface area contributed by atoms with Crippen molar-refractivity contribution in [1.82, 2.24) is 4.90 Å². The number of nitrogens with zero attached hydrogens (tertiary/aromatic N) is 2. The summed E-state index contributed by atoms with van der Waals surface area (Å²) in [6, 6.07) is 0. The lowest BCUT2D eigenvalue weighted by Gasteiger charge is -2.63. The van der Waals surface area contributed by atoms with Crippen LogP contribution in [0.4, 0.5) is 0 Å². The molecular formula is C24H42N2O3. The maximum absolute atomic E-state index is 12.1. The second kappa shape index (κ2) is 7.80. The van der Waals surface area contributed by atoms with Crippen molar-refractivity contribution in [2.24, 2.45) is 39.7 Å². The van der Waals surface area contributed by atoms with Gasteiger partial charge in [-0.1, -0.05) is 19.0 Å². The van der Waals surface area contributed by atoms with Gasteiger partial charge in [0.2, 0.25) is 0 Å². The molecule has 0 aromatic rings.